The number of halogens is 2. The minimum Gasteiger partial charge on any atom is -0.496 e. The Hall–Kier alpha value is -0.430. The topological polar surface area (TPSA) is 48.1 Å². The first-order valence-electron chi connectivity index (χ1n) is 6.13. The number of thiophene rings is 1. The predicted molar refractivity (Wildman–Crippen MR) is 90.6 cm³/mol. The molecule has 2 N–H and O–H groups in total. The number of rotatable bonds is 4. The van der Waals surface area contributed by atoms with Crippen molar-refractivity contribution >= 4 is 43.2 Å². The van der Waals surface area contributed by atoms with E-state index in [0.29, 0.717) is 6.42 Å². The van der Waals surface area contributed by atoms with Crippen molar-refractivity contribution in [3.05, 3.63) is 42.2 Å². The van der Waals surface area contributed by atoms with Gasteiger partial charge in [-0.15, -0.1) is 11.3 Å². The van der Waals surface area contributed by atoms with Crippen LogP contribution in [0.5, 0.6) is 5.75 Å². The van der Waals surface area contributed by atoms with Crippen LogP contribution in [-0.4, -0.2) is 12.1 Å². The van der Waals surface area contributed by atoms with Gasteiger partial charge in [-0.25, -0.2) is 0 Å². The number of pyridine rings is 1. The summed E-state index contributed by atoms with van der Waals surface area (Å²) in [5.74, 6) is 0.899. The van der Waals surface area contributed by atoms with Gasteiger partial charge in [0, 0.05) is 44.8 Å². The molecule has 2 rings (SSSR count). The summed E-state index contributed by atoms with van der Waals surface area (Å²) in [6.07, 6.45) is 2.54. The van der Waals surface area contributed by atoms with Gasteiger partial charge in [0.15, 0.2) is 0 Å². The van der Waals surface area contributed by atoms with Crippen LogP contribution in [0.1, 0.15) is 27.7 Å². The van der Waals surface area contributed by atoms with E-state index in [-0.39, 0.29) is 6.04 Å². The minimum absolute atomic E-state index is 0.0683. The lowest BCUT2D eigenvalue weighted by Gasteiger charge is -2.15. The summed E-state index contributed by atoms with van der Waals surface area (Å²) in [4.78, 5) is 5.63. The standard InChI is InChI=1S/C14H16Br2N2OS/c1-7-6-18-11(8(2)13(7)19-3)5-10(17)12-4-9(15)14(16)20-12/h4,6,10H,5,17H2,1-3H3. The summed E-state index contributed by atoms with van der Waals surface area (Å²) < 4.78 is 7.54. The fraction of sp³-hybridized carbons (Fsp3) is 0.357. The van der Waals surface area contributed by atoms with Crippen LogP contribution in [0.25, 0.3) is 0 Å². The smallest absolute Gasteiger partial charge is 0.128 e. The van der Waals surface area contributed by atoms with E-state index in [4.69, 9.17) is 10.5 Å². The molecule has 0 radical (unpaired) electrons. The van der Waals surface area contributed by atoms with Gasteiger partial charge in [-0.1, -0.05) is 0 Å². The number of aromatic nitrogens is 1. The van der Waals surface area contributed by atoms with E-state index in [1.54, 1.807) is 18.4 Å². The predicted octanol–water partition coefficient (Wildman–Crippen LogP) is 4.54. The van der Waals surface area contributed by atoms with E-state index in [0.717, 1.165) is 35.7 Å². The Bertz CT molecular complexity index is 608. The van der Waals surface area contributed by atoms with Gasteiger partial charge in [0.2, 0.25) is 0 Å². The molecular weight excluding hydrogens is 404 g/mol. The molecule has 1 unspecified atom stereocenters. The maximum Gasteiger partial charge on any atom is 0.128 e. The third-order valence-corrected chi connectivity index (χ3v) is 6.58. The molecule has 20 heavy (non-hydrogen) atoms. The lowest BCUT2D eigenvalue weighted by molar-refractivity contribution is 0.406. The van der Waals surface area contributed by atoms with Crippen molar-refractivity contribution in [1.29, 1.82) is 0 Å². The maximum absolute atomic E-state index is 6.30. The third kappa shape index (κ3) is 3.24. The fourth-order valence-corrected chi connectivity index (χ4v) is 4.22. The number of ether oxygens (including phenoxy) is 1. The molecule has 0 aliphatic heterocycles. The Morgan fingerprint density at radius 1 is 1.40 bits per heavy atom. The second kappa shape index (κ2) is 6.56. The van der Waals surface area contributed by atoms with Crippen molar-refractivity contribution in [1.82, 2.24) is 4.98 Å². The molecule has 2 heterocycles. The van der Waals surface area contributed by atoms with Crippen molar-refractivity contribution in [3.63, 3.8) is 0 Å². The molecule has 0 bridgehead atoms. The lowest BCUT2D eigenvalue weighted by atomic mass is 10.0. The van der Waals surface area contributed by atoms with Crippen molar-refractivity contribution in [2.24, 2.45) is 5.73 Å². The van der Waals surface area contributed by atoms with Gasteiger partial charge in [-0.05, 0) is 51.8 Å². The molecule has 0 aliphatic carbocycles. The fourth-order valence-electron chi connectivity index (χ4n) is 2.13. The molecular formula is C14H16Br2N2OS. The van der Waals surface area contributed by atoms with Crippen LogP contribution >= 0.6 is 43.2 Å². The third-order valence-electron chi connectivity index (χ3n) is 3.19. The van der Waals surface area contributed by atoms with Gasteiger partial charge in [0.25, 0.3) is 0 Å². The number of nitrogens with zero attached hydrogens (tertiary/aromatic N) is 1. The Morgan fingerprint density at radius 3 is 2.65 bits per heavy atom. The SMILES string of the molecule is COc1c(C)cnc(CC(N)c2cc(Br)c(Br)s2)c1C. The molecule has 1 atom stereocenters. The van der Waals surface area contributed by atoms with E-state index < -0.39 is 0 Å². The molecule has 108 valence electrons. The first-order valence-corrected chi connectivity index (χ1v) is 8.53. The first kappa shape index (κ1) is 15.9. The van der Waals surface area contributed by atoms with E-state index >= 15 is 0 Å². The Balaban J connectivity index is 2.26. The highest BCUT2D eigenvalue weighted by molar-refractivity contribution is 9.13. The van der Waals surface area contributed by atoms with Crippen molar-refractivity contribution in [3.8, 4) is 5.75 Å². The normalized spacial score (nSPS) is 12.5. The molecule has 0 aliphatic rings. The Kier molecular flexibility index (Phi) is 5.23. The molecule has 6 heteroatoms. The van der Waals surface area contributed by atoms with Gasteiger partial charge in [-0.2, -0.15) is 0 Å². The second-order valence-electron chi connectivity index (χ2n) is 4.63. The molecule has 3 nitrogen and oxygen atoms in total. The summed E-state index contributed by atoms with van der Waals surface area (Å²) in [7, 11) is 1.69. The van der Waals surface area contributed by atoms with E-state index in [9.17, 15) is 0 Å². The van der Waals surface area contributed by atoms with E-state index in [1.807, 2.05) is 20.0 Å². The van der Waals surface area contributed by atoms with Crippen LogP contribution in [-0.2, 0) is 6.42 Å². The lowest BCUT2D eigenvalue weighted by Crippen LogP contribution is -2.14. The summed E-state index contributed by atoms with van der Waals surface area (Å²) in [5, 5.41) is 0. The minimum atomic E-state index is -0.0683. The number of hydrogen-bond acceptors (Lipinski definition) is 4. The molecule has 2 aromatic heterocycles. The summed E-state index contributed by atoms with van der Waals surface area (Å²) >= 11 is 8.63. The quantitative estimate of drug-likeness (QED) is 0.791. The summed E-state index contributed by atoms with van der Waals surface area (Å²) in [5.41, 5.74) is 9.39. The summed E-state index contributed by atoms with van der Waals surface area (Å²) in [6, 6.07) is 1.99. The van der Waals surface area contributed by atoms with Gasteiger partial charge in [-0.3, -0.25) is 4.98 Å². The molecule has 0 fully saturated rings. The number of methoxy groups -OCH3 is 1. The number of aryl methyl sites for hydroxylation is 1. The molecule has 0 aromatic carbocycles. The monoisotopic (exact) mass is 418 g/mol. The summed E-state index contributed by atoms with van der Waals surface area (Å²) in [6.45, 7) is 4.02. The number of hydrogen-bond donors (Lipinski definition) is 1. The average Bonchev–Trinajstić information content (AvgIpc) is 2.74. The van der Waals surface area contributed by atoms with Gasteiger partial charge < -0.3 is 10.5 Å². The van der Waals surface area contributed by atoms with Crippen LogP contribution in [0.3, 0.4) is 0 Å². The van der Waals surface area contributed by atoms with Crippen molar-refractivity contribution in [2.75, 3.05) is 7.11 Å². The molecule has 0 amide bonds. The highest BCUT2D eigenvalue weighted by Crippen LogP contribution is 2.36. The van der Waals surface area contributed by atoms with Crippen molar-refractivity contribution in [2.45, 2.75) is 26.3 Å². The Morgan fingerprint density at radius 2 is 2.10 bits per heavy atom. The Labute approximate surface area is 139 Å². The molecule has 2 aromatic rings. The van der Waals surface area contributed by atoms with E-state index in [1.165, 1.54) is 0 Å². The highest BCUT2D eigenvalue weighted by atomic mass is 79.9. The molecule has 0 spiro atoms. The number of nitrogens with two attached hydrogens (primary N) is 1. The van der Waals surface area contributed by atoms with Gasteiger partial charge >= 0.3 is 0 Å². The maximum atomic E-state index is 6.30. The van der Waals surface area contributed by atoms with E-state index in [2.05, 4.69) is 42.9 Å². The van der Waals surface area contributed by atoms with Crippen LogP contribution in [0.2, 0.25) is 0 Å². The zero-order valence-corrected chi connectivity index (χ0v) is 15.5. The zero-order chi connectivity index (χ0) is 14.9. The first-order chi connectivity index (χ1) is 9.43. The second-order valence-corrected chi connectivity index (χ2v) is 7.88. The highest BCUT2D eigenvalue weighted by Gasteiger charge is 2.16. The van der Waals surface area contributed by atoms with Crippen molar-refractivity contribution < 1.29 is 4.74 Å². The largest absolute Gasteiger partial charge is 0.496 e. The van der Waals surface area contributed by atoms with Crippen LogP contribution in [0, 0.1) is 13.8 Å². The van der Waals surface area contributed by atoms with Gasteiger partial charge in [0.1, 0.15) is 5.75 Å². The van der Waals surface area contributed by atoms with Crippen LogP contribution in [0.15, 0.2) is 20.5 Å². The zero-order valence-electron chi connectivity index (χ0n) is 11.5. The average molecular weight is 420 g/mol. The molecule has 0 saturated heterocycles. The van der Waals surface area contributed by atoms with Crippen LogP contribution < -0.4 is 10.5 Å². The van der Waals surface area contributed by atoms with Crippen LogP contribution in [0.4, 0.5) is 0 Å². The van der Waals surface area contributed by atoms with Gasteiger partial charge in [0.05, 0.1) is 10.9 Å². The molecule has 0 saturated carbocycles.